The summed E-state index contributed by atoms with van der Waals surface area (Å²) in [6, 6.07) is 3.94. The molecule has 0 aliphatic rings. The smallest absolute Gasteiger partial charge is 0.161 e. The standard InChI is InChI=1S/C11H14N2O/c1-10(14)11-5-8-13(9-11)7-4-2-3-6-12/h5,8-9H,2-4,7H2,1H3. The van der Waals surface area contributed by atoms with Crippen molar-refractivity contribution in [3.05, 3.63) is 24.0 Å². The maximum Gasteiger partial charge on any atom is 0.161 e. The number of Topliss-reactive ketones (excluding diaryl/α,β-unsaturated/α-hetero) is 1. The van der Waals surface area contributed by atoms with E-state index in [1.807, 2.05) is 23.0 Å². The molecule has 0 aromatic carbocycles. The molecule has 1 rings (SSSR count). The molecule has 0 N–H and O–H groups in total. The number of carbonyl (C=O) groups is 1. The molecule has 74 valence electrons. The SMILES string of the molecule is CC(=O)c1ccn(CCCCC#N)c1. The highest BCUT2D eigenvalue weighted by atomic mass is 16.1. The zero-order chi connectivity index (χ0) is 10.4. The summed E-state index contributed by atoms with van der Waals surface area (Å²) in [6.07, 6.45) is 6.28. The van der Waals surface area contributed by atoms with Gasteiger partial charge in [0.2, 0.25) is 0 Å². The molecule has 0 atom stereocenters. The topological polar surface area (TPSA) is 45.8 Å². The van der Waals surface area contributed by atoms with Gasteiger partial charge in [-0.3, -0.25) is 4.79 Å². The first-order valence-corrected chi connectivity index (χ1v) is 4.77. The minimum Gasteiger partial charge on any atom is -0.354 e. The summed E-state index contributed by atoms with van der Waals surface area (Å²) in [5, 5.41) is 8.34. The van der Waals surface area contributed by atoms with Crippen LogP contribution in [-0.2, 0) is 6.54 Å². The predicted octanol–water partition coefficient (Wildman–Crippen LogP) is 2.38. The lowest BCUT2D eigenvalue weighted by molar-refractivity contribution is 0.101. The molecule has 0 saturated carbocycles. The minimum absolute atomic E-state index is 0.0979. The number of rotatable bonds is 5. The lowest BCUT2D eigenvalue weighted by Crippen LogP contribution is -1.95. The van der Waals surface area contributed by atoms with E-state index in [9.17, 15) is 4.79 Å². The molecule has 1 heterocycles. The lowest BCUT2D eigenvalue weighted by atomic mass is 10.2. The van der Waals surface area contributed by atoms with Crippen molar-refractivity contribution in [3.63, 3.8) is 0 Å². The molecule has 0 aliphatic carbocycles. The van der Waals surface area contributed by atoms with E-state index in [1.54, 1.807) is 6.92 Å². The Hall–Kier alpha value is -1.56. The van der Waals surface area contributed by atoms with Gasteiger partial charge in [0.25, 0.3) is 0 Å². The molecule has 3 nitrogen and oxygen atoms in total. The van der Waals surface area contributed by atoms with Gasteiger partial charge in [-0.1, -0.05) is 0 Å². The van der Waals surface area contributed by atoms with Gasteiger partial charge >= 0.3 is 0 Å². The van der Waals surface area contributed by atoms with Crippen molar-refractivity contribution in [2.24, 2.45) is 0 Å². The van der Waals surface area contributed by atoms with Gasteiger partial charge in [-0.05, 0) is 25.8 Å². The Morgan fingerprint density at radius 1 is 1.57 bits per heavy atom. The Bertz CT molecular complexity index is 346. The lowest BCUT2D eigenvalue weighted by Gasteiger charge is -1.99. The first kappa shape index (κ1) is 10.5. The third kappa shape index (κ3) is 3.06. The van der Waals surface area contributed by atoms with Gasteiger partial charge in [0.15, 0.2) is 5.78 Å². The van der Waals surface area contributed by atoms with Crippen molar-refractivity contribution in [2.75, 3.05) is 0 Å². The van der Waals surface area contributed by atoms with Crippen LogP contribution in [-0.4, -0.2) is 10.4 Å². The zero-order valence-corrected chi connectivity index (χ0v) is 8.36. The molecule has 1 aromatic rings. The van der Waals surface area contributed by atoms with Gasteiger partial charge in [-0.15, -0.1) is 0 Å². The maximum atomic E-state index is 11.0. The first-order valence-electron chi connectivity index (χ1n) is 4.77. The highest BCUT2D eigenvalue weighted by Gasteiger charge is 2.00. The van der Waals surface area contributed by atoms with Crippen molar-refractivity contribution in [3.8, 4) is 6.07 Å². The van der Waals surface area contributed by atoms with Crippen LogP contribution in [0.4, 0.5) is 0 Å². The van der Waals surface area contributed by atoms with Crippen LogP contribution in [0.15, 0.2) is 18.5 Å². The molecule has 3 heteroatoms. The van der Waals surface area contributed by atoms with E-state index in [-0.39, 0.29) is 5.78 Å². The van der Waals surface area contributed by atoms with E-state index < -0.39 is 0 Å². The summed E-state index contributed by atoms with van der Waals surface area (Å²) in [4.78, 5) is 11.0. The molecule has 0 saturated heterocycles. The average Bonchev–Trinajstić information content (AvgIpc) is 2.61. The quantitative estimate of drug-likeness (QED) is 0.528. The molecule has 0 bridgehead atoms. The van der Waals surface area contributed by atoms with Gasteiger partial charge in [-0.2, -0.15) is 5.26 Å². The van der Waals surface area contributed by atoms with Crippen molar-refractivity contribution >= 4 is 5.78 Å². The number of carbonyl (C=O) groups excluding carboxylic acids is 1. The number of nitriles is 1. The zero-order valence-electron chi connectivity index (χ0n) is 8.36. The van der Waals surface area contributed by atoms with Gasteiger partial charge in [-0.25, -0.2) is 0 Å². The van der Waals surface area contributed by atoms with Crippen molar-refractivity contribution in [1.82, 2.24) is 4.57 Å². The number of ketones is 1. The molecule has 0 unspecified atom stereocenters. The summed E-state index contributed by atoms with van der Waals surface area (Å²) in [7, 11) is 0. The van der Waals surface area contributed by atoms with Crippen molar-refractivity contribution in [1.29, 1.82) is 5.26 Å². The fraction of sp³-hybridized carbons (Fsp3) is 0.455. The summed E-state index contributed by atoms with van der Waals surface area (Å²) in [5.74, 6) is 0.0979. The molecular weight excluding hydrogens is 176 g/mol. The monoisotopic (exact) mass is 190 g/mol. The molecule has 0 fully saturated rings. The minimum atomic E-state index is 0.0979. The normalized spacial score (nSPS) is 9.71. The molecule has 1 aromatic heterocycles. The van der Waals surface area contributed by atoms with Gasteiger partial charge < -0.3 is 4.57 Å². The third-order valence-corrected chi connectivity index (χ3v) is 2.11. The fourth-order valence-corrected chi connectivity index (χ4v) is 1.29. The van der Waals surface area contributed by atoms with Crippen LogP contribution in [0, 0.1) is 11.3 Å². The van der Waals surface area contributed by atoms with Crippen LogP contribution in [0.1, 0.15) is 36.5 Å². The Balaban J connectivity index is 2.37. The maximum absolute atomic E-state index is 11.0. The number of unbranched alkanes of at least 4 members (excludes halogenated alkanes) is 2. The molecule has 0 amide bonds. The van der Waals surface area contributed by atoms with Gasteiger partial charge in [0.05, 0.1) is 6.07 Å². The van der Waals surface area contributed by atoms with Crippen LogP contribution < -0.4 is 0 Å². The Morgan fingerprint density at radius 2 is 2.36 bits per heavy atom. The summed E-state index contributed by atoms with van der Waals surface area (Å²) >= 11 is 0. The van der Waals surface area contributed by atoms with Crippen LogP contribution in [0.25, 0.3) is 0 Å². The second kappa shape index (κ2) is 5.23. The Kier molecular flexibility index (Phi) is 3.93. The number of hydrogen-bond acceptors (Lipinski definition) is 2. The largest absolute Gasteiger partial charge is 0.354 e. The summed E-state index contributed by atoms with van der Waals surface area (Å²) in [6.45, 7) is 2.45. The van der Waals surface area contributed by atoms with Crippen LogP contribution >= 0.6 is 0 Å². The molecule has 0 radical (unpaired) electrons. The van der Waals surface area contributed by atoms with Crippen molar-refractivity contribution < 1.29 is 4.79 Å². The Morgan fingerprint density at radius 3 is 2.93 bits per heavy atom. The second-order valence-corrected chi connectivity index (χ2v) is 3.31. The van der Waals surface area contributed by atoms with Crippen LogP contribution in [0.3, 0.4) is 0 Å². The number of hydrogen-bond donors (Lipinski definition) is 0. The van der Waals surface area contributed by atoms with Gasteiger partial charge in [0, 0.05) is 30.9 Å². The van der Waals surface area contributed by atoms with Crippen molar-refractivity contribution in [2.45, 2.75) is 32.7 Å². The fourth-order valence-electron chi connectivity index (χ4n) is 1.29. The summed E-state index contributed by atoms with van der Waals surface area (Å²) in [5.41, 5.74) is 0.755. The second-order valence-electron chi connectivity index (χ2n) is 3.31. The van der Waals surface area contributed by atoms with E-state index in [1.165, 1.54) is 0 Å². The highest BCUT2D eigenvalue weighted by Crippen LogP contribution is 2.04. The number of aryl methyl sites for hydroxylation is 1. The molecule has 0 spiro atoms. The van der Waals surface area contributed by atoms with E-state index in [0.717, 1.165) is 24.9 Å². The third-order valence-electron chi connectivity index (χ3n) is 2.11. The first-order chi connectivity index (χ1) is 6.74. The van der Waals surface area contributed by atoms with Crippen LogP contribution in [0.5, 0.6) is 0 Å². The van der Waals surface area contributed by atoms with E-state index in [0.29, 0.717) is 6.42 Å². The number of nitrogens with zero attached hydrogens (tertiary/aromatic N) is 2. The van der Waals surface area contributed by atoms with E-state index in [4.69, 9.17) is 5.26 Å². The predicted molar refractivity (Wildman–Crippen MR) is 53.9 cm³/mol. The summed E-state index contributed by atoms with van der Waals surface area (Å²) < 4.78 is 1.99. The molecule has 14 heavy (non-hydrogen) atoms. The number of aromatic nitrogens is 1. The van der Waals surface area contributed by atoms with E-state index in [2.05, 4.69) is 6.07 Å². The Labute approximate surface area is 84.0 Å². The molecule has 0 aliphatic heterocycles. The average molecular weight is 190 g/mol. The molecular formula is C11H14N2O. The van der Waals surface area contributed by atoms with Crippen LogP contribution in [0.2, 0.25) is 0 Å². The highest BCUT2D eigenvalue weighted by molar-refractivity contribution is 5.93. The van der Waals surface area contributed by atoms with Gasteiger partial charge in [0.1, 0.15) is 0 Å². The van der Waals surface area contributed by atoms with E-state index >= 15 is 0 Å².